The minimum Gasteiger partial charge on any atom is -0.496 e. The van der Waals surface area contributed by atoms with Gasteiger partial charge >= 0.3 is 0 Å². The Morgan fingerprint density at radius 2 is 1.74 bits per heavy atom. The van der Waals surface area contributed by atoms with Crippen LogP contribution in [0.1, 0.15) is 29.6 Å². The first-order chi connectivity index (χ1) is 12.9. The molecule has 0 atom stereocenters. The number of piperidine rings is 1. The molecule has 3 rings (SSSR count). The van der Waals surface area contributed by atoms with Crippen LogP contribution in [-0.4, -0.2) is 38.8 Å². The third-order valence-corrected chi connectivity index (χ3v) is 6.38. The molecular formula is C19H21FN2O4S. The molecule has 0 unspecified atom stereocenters. The van der Waals surface area contributed by atoms with Crippen molar-refractivity contribution in [1.82, 2.24) is 4.31 Å². The summed E-state index contributed by atoms with van der Waals surface area (Å²) in [6, 6.07) is 9.61. The molecule has 1 amide bonds. The quantitative estimate of drug-likeness (QED) is 0.847. The lowest BCUT2D eigenvalue weighted by molar-refractivity contribution is 0.102. The Labute approximate surface area is 158 Å². The lowest BCUT2D eigenvalue weighted by Gasteiger charge is -2.25. The molecule has 0 saturated carbocycles. The monoisotopic (exact) mass is 392 g/mol. The predicted molar refractivity (Wildman–Crippen MR) is 100.0 cm³/mol. The smallest absolute Gasteiger partial charge is 0.259 e. The summed E-state index contributed by atoms with van der Waals surface area (Å²) in [6.45, 7) is 1.06. The number of amides is 1. The number of nitrogens with zero attached hydrogens (tertiary/aromatic N) is 1. The van der Waals surface area contributed by atoms with Gasteiger partial charge in [-0.1, -0.05) is 6.42 Å². The SMILES string of the molecule is COc1ccc(F)cc1C(=O)Nc1ccc(S(=O)(=O)N2CCCCC2)cc1. The molecule has 8 heteroatoms. The normalized spacial score (nSPS) is 15.3. The average molecular weight is 392 g/mol. The van der Waals surface area contributed by atoms with Gasteiger partial charge in [0.1, 0.15) is 11.6 Å². The van der Waals surface area contributed by atoms with Crippen LogP contribution in [-0.2, 0) is 10.0 Å². The van der Waals surface area contributed by atoms with Gasteiger partial charge in [0.05, 0.1) is 17.6 Å². The van der Waals surface area contributed by atoms with Crippen LogP contribution in [0.5, 0.6) is 5.75 Å². The summed E-state index contributed by atoms with van der Waals surface area (Å²) in [4.78, 5) is 12.6. The van der Waals surface area contributed by atoms with E-state index < -0.39 is 21.7 Å². The van der Waals surface area contributed by atoms with E-state index in [1.54, 1.807) is 0 Å². The third kappa shape index (κ3) is 4.28. The van der Waals surface area contributed by atoms with Crippen LogP contribution in [0, 0.1) is 5.82 Å². The molecule has 1 aliphatic heterocycles. The molecule has 1 heterocycles. The number of hydrogen-bond donors (Lipinski definition) is 1. The van der Waals surface area contributed by atoms with Gasteiger partial charge in [0.15, 0.2) is 0 Å². The molecule has 1 saturated heterocycles. The lowest BCUT2D eigenvalue weighted by atomic mass is 10.1. The molecular weight excluding hydrogens is 371 g/mol. The molecule has 1 fully saturated rings. The van der Waals surface area contributed by atoms with Crippen molar-refractivity contribution in [3.8, 4) is 5.75 Å². The number of halogens is 1. The van der Waals surface area contributed by atoms with E-state index in [-0.39, 0.29) is 16.2 Å². The number of anilines is 1. The Morgan fingerprint density at radius 1 is 1.07 bits per heavy atom. The second-order valence-corrected chi connectivity index (χ2v) is 8.23. The Kier molecular flexibility index (Phi) is 5.76. The van der Waals surface area contributed by atoms with E-state index in [1.165, 1.54) is 47.8 Å². The third-order valence-electron chi connectivity index (χ3n) is 4.47. The molecule has 1 aliphatic rings. The van der Waals surface area contributed by atoms with Crippen LogP contribution in [0.15, 0.2) is 47.4 Å². The summed E-state index contributed by atoms with van der Waals surface area (Å²) in [5.41, 5.74) is 0.464. The number of sulfonamides is 1. The maximum atomic E-state index is 13.4. The standard InChI is InChI=1S/C19H21FN2O4S/c1-26-18-10-5-14(20)13-17(18)19(23)21-15-6-8-16(9-7-15)27(24,25)22-11-3-2-4-12-22/h5-10,13H,2-4,11-12H2,1H3,(H,21,23). The first kappa shape index (κ1) is 19.3. The van der Waals surface area contributed by atoms with Crippen LogP contribution in [0.25, 0.3) is 0 Å². The van der Waals surface area contributed by atoms with Gasteiger partial charge in [-0.05, 0) is 55.3 Å². The van der Waals surface area contributed by atoms with Crippen LogP contribution in [0.4, 0.5) is 10.1 Å². The van der Waals surface area contributed by atoms with E-state index in [2.05, 4.69) is 5.32 Å². The maximum Gasteiger partial charge on any atom is 0.259 e. The first-order valence-corrected chi connectivity index (χ1v) is 10.1. The molecule has 27 heavy (non-hydrogen) atoms. The van der Waals surface area contributed by atoms with Gasteiger partial charge in [0.2, 0.25) is 10.0 Å². The molecule has 6 nitrogen and oxygen atoms in total. The number of methoxy groups -OCH3 is 1. The minimum absolute atomic E-state index is 0.0579. The Bertz CT molecular complexity index is 923. The van der Waals surface area contributed by atoms with Gasteiger partial charge in [0, 0.05) is 18.8 Å². The Balaban J connectivity index is 1.76. The van der Waals surface area contributed by atoms with Crippen molar-refractivity contribution >= 4 is 21.6 Å². The van der Waals surface area contributed by atoms with Crippen molar-refractivity contribution in [3.63, 3.8) is 0 Å². The number of hydrogen-bond acceptors (Lipinski definition) is 4. The number of rotatable bonds is 5. The molecule has 2 aromatic rings. The van der Waals surface area contributed by atoms with E-state index >= 15 is 0 Å². The van der Waals surface area contributed by atoms with Gasteiger partial charge in [-0.3, -0.25) is 4.79 Å². The van der Waals surface area contributed by atoms with Crippen molar-refractivity contribution < 1.29 is 22.3 Å². The van der Waals surface area contributed by atoms with Gasteiger partial charge in [0.25, 0.3) is 5.91 Å². The molecule has 0 bridgehead atoms. The first-order valence-electron chi connectivity index (χ1n) is 8.67. The van der Waals surface area contributed by atoms with Crippen molar-refractivity contribution in [2.75, 3.05) is 25.5 Å². The fraction of sp³-hybridized carbons (Fsp3) is 0.316. The van der Waals surface area contributed by atoms with E-state index in [1.807, 2.05) is 0 Å². The Morgan fingerprint density at radius 3 is 2.37 bits per heavy atom. The summed E-state index contributed by atoms with van der Waals surface area (Å²) < 4.78 is 45.3. The van der Waals surface area contributed by atoms with E-state index in [0.29, 0.717) is 18.8 Å². The molecule has 0 spiro atoms. The number of ether oxygens (including phenoxy) is 1. The molecule has 1 N–H and O–H groups in total. The van der Waals surface area contributed by atoms with Crippen molar-refractivity contribution in [1.29, 1.82) is 0 Å². The number of benzene rings is 2. The van der Waals surface area contributed by atoms with Gasteiger partial charge < -0.3 is 10.1 Å². The highest BCUT2D eigenvalue weighted by Gasteiger charge is 2.25. The van der Waals surface area contributed by atoms with Crippen molar-refractivity contribution in [2.45, 2.75) is 24.2 Å². The summed E-state index contributed by atoms with van der Waals surface area (Å²) >= 11 is 0. The summed E-state index contributed by atoms with van der Waals surface area (Å²) in [5.74, 6) is -0.847. The highest BCUT2D eigenvalue weighted by atomic mass is 32.2. The average Bonchev–Trinajstić information content (AvgIpc) is 2.69. The minimum atomic E-state index is -3.52. The van der Waals surface area contributed by atoms with Gasteiger partial charge in [-0.2, -0.15) is 4.31 Å². The van der Waals surface area contributed by atoms with Crippen LogP contribution < -0.4 is 10.1 Å². The topological polar surface area (TPSA) is 75.7 Å². The van der Waals surface area contributed by atoms with Crippen molar-refractivity contribution in [2.24, 2.45) is 0 Å². The maximum absolute atomic E-state index is 13.4. The zero-order valence-electron chi connectivity index (χ0n) is 14.9. The fourth-order valence-electron chi connectivity index (χ4n) is 3.02. The number of carbonyl (C=O) groups excluding carboxylic acids is 1. The molecule has 0 aromatic heterocycles. The number of nitrogens with one attached hydrogen (secondary N) is 1. The second-order valence-electron chi connectivity index (χ2n) is 6.29. The van der Waals surface area contributed by atoms with Gasteiger partial charge in [-0.15, -0.1) is 0 Å². The molecule has 144 valence electrons. The number of carbonyl (C=O) groups is 1. The zero-order valence-corrected chi connectivity index (χ0v) is 15.8. The van der Waals surface area contributed by atoms with Gasteiger partial charge in [-0.25, -0.2) is 12.8 Å². The van der Waals surface area contributed by atoms with Crippen molar-refractivity contribution in [3.05, 3.63) is 53.8 Å². The molecule has 2 aromatic carbocycles. The van der Waals surface area contributed by atoms with E-state index in [0.717, 1.165) is 25.3 Å². The summed E-state index contributed by atoms with van der Waals surface area (Å²) in [7, 11) is -2.13. The summed E-state index contributed by atoms with van der Waals surface area (Å²) in [5, 5.41) is 2.62. The Hall–Kier alpha value is -2.45. The highest BCUT2D eigenvalue weighted by Crippen LogP contribution is 2.24. The highest BCUT2D eigenvalue weighted by molar-refractivity contribution is 7.89. The van der Waals surface area contributed by atoms with Crippen LogP contribution >= 0.6 is 0 Å². The van der Waals surface area contributed by atoms with Crippen LogP contribution in [0.2, 0.25) is 0 Å². The van der Waals surface area contributed by atoms with E-state index in [9.17, 15) is 17.6 Å². The molecule has 0 radical (unpaired) electrons. The van der Waals surface area contributed by atoms with Crippen LogP contribution in [0.3, 0.4) is 0 Å². The summed E-state index contributed by atoms with van der Waals surface area (Å²) in [6.07, 6.45) is 2.77. The van der Waals surface area contributed by atoms with E-state index in [4.69, 9.17) is 4.74 Å². The molecule has 0 aliphatic carbocycles. The second kappa shape index (κ2) is 8.06. The largest absolute Gasteiger partial charge is 0.496 e. The lowest BCUT2D eigenvalue weighted by Crippen LogP contribution is -2.35. The zero-order chi connectivity index (χ0) is 19.4. The fourth-order valence-corrected chi connectivity index (χ4v) is 4.54. The predicted octanol–water partition coefficient (Wildman–Crippen LogP) is 3.26.